The summed E-state index contributed by atoms with van der Waals surface area (Å²) in [4.78, 5) is 3.35. The van der Waals surface area contributed by atoms with Crippen LogP contribution >= 0.6 is 42.5 Å². The summed E-state index contributed by atoms with van der Waals surface area (Å²) in [6.07, 6.45) is -2.00. The van der Waals surface area contributed by atoms with E-state index in [0.29, 0.717) is 0 Å². The Bertz CT molecular complexity index is 494. The molecule has 0 spiro atoms. The maximum Gasteiger partial charge on any atom is 0.279 e. The maximum absolute atomic E-state index is 12.4. The minimum Gasteiger partial charge on any atom is -0.242 e. The van der Waals surface area contributed by atoms with Crippen LogP contribution in [0.1, 0.15) is 12.0 Å². The second-order valence-electron chi connectivity index (χ2n) is 2.39. The highest BCUT2D eigenvalue weighted by atomic mass is 79.9. The average Bonchev–Trinajstić information content (AvgIpc) is 2.06. The van der Waals surface area contributed by atoms with Crippen molar-refractivity contribution in [2.45, 2.75) is 11.5 Å². The zero-order chi connectivity index (χ0) is 11.8. The zero-order valence-corrected chi connectivity index (χ0v) is 11.5. The molecule has 9 heteroatoms. The Morgan fingerprint density at radius 3 is 2.27 bits per heavy atom. The number of alkyl halides is 2. The molecule has 0 bridgehead atoms. The summed E-state index contributed by atoms with van der Waals surface area (Å²) in [5.74, 6) is 0. The average molecular weight is 385 g/mol. The van der Waals surface area contributed by atoms with Crippen LogP contribution < -0.4 is 0 Å². The van der Waals surface area contributed by atoms with Crippen molar-refractivity contribution < 1.29 is 17.2 Å². The Hall–Kier alpha value is 0.210. The van der Waals surface area contributed by atoms with Crippen LogP contribution in [0.25, 0.3) is 0 Å². The van der Waals surface area contributed by atoms with Gasteiger partial charge in [-0.15, -0.1) is 0 Å². The van der Waals surface area contributed by atoms with Gasteiger partial charge in [-0.3, -0.25) is 0 Å². The van der Waals surface area contributed by atoms with E-state index < -0.39 is 26.1 Å². The highest BCUT2D eigenvalue weighted by molar-refractivity contribution is 9.13. The predicted molar refractivity (Wildman–Crippen MR) is 57.6 cm³/mol. The van der Waals surface area contributed by atoms with Gasteiger partial charge in [-0.05, 0) is 31.9 Å². The largest absolute Gasteiger partial charge is 0.279 e. The third-order valence-corrected chi connectivity index (χ3v) is 5.05. The van der Waals surface area contributed by atoms with E-state index in [2.05, 4.69) is 36.8 Å². The Kier molecular flexibility index (Phi) is 4.07. The Labute approximate surface area is 106 Å². The minimum atomic E-state index is -4.06. The lowest BCUT2D eigenvalue weighted by atomic mass is 10.3. The molecule has 0 aliphatic heterocycles. The molecule has 0 amide bonds. The van der Waals surface area contributed by atoms with Gasteiger partial charge in [0, 0.05) is 21.4 Å². The van der Waals surface area contributed by atoms with Gasteiger partial charge in [0.1, 0.15) is 0 Å². The van der Waals surface area contributed by atoms with Crippen LogP contribution in [0.4, 0.5) is 8.78 Å². The Morgan fingerprint density at radius 2 is 1.87 bits per heavy atom. The van der Waals surface area contributed by atoms with E-state index in [4.69, 9.17) is 10.7 Å². The number of nitrogens with zero attached hydrogens (tertiary/aromatic N) is 1. The first-order chi connectivity index (χ1) is 6.75. The summed E-state index contributed by atoms with van der Waals surface area (Å²) in [7, 11) is 0.980. The molecular weight excluding hydrogens is 383 g/mol. The molecule has 1 rings (SSSR count). The highest BCUT2D eigenvalue weighted by Crippen LogP contribution is 2.36. The van der Waals surface area contributed by atoms with Gasteiger partial charge in [-0.1, -0.05) is 0 Å². The van der Waals surface area contributed by atoms with Crippen molar-refractivity contribution in [2.24, 2.45) is 0 Å². The molecule has 0 aliphatic rings. The van der Waals surface area contributed by atoms with Crippen LogP contribution in [0.15, 0.2) is 20.2 Å². The van der Waals surface area contributed by atoms with E-state index in [1.54, 1.807) is 0 Å². The van der Waals surface area contributed by atoms with Gasteiger partial charge in [0.25, 0.3) is 15.5 Å². The lowest BCUT2D eigenvalue weighted by Crippen LogP contribution is -2.00. The van der Waals surface area contributed by atoms with Crippen LogP contribution in [0, 0.1) is 0 Å². The van der Waals surface area contributed by atoms with Gasteiger partial charge in [0.2, 0.25) is 0 Å². The summed E-state index contributed by atoms with van der Waals surface area (Å²) >= 11 is 5.66. The molecule has 0 saturated carbocycles. The molecule has 0 fully saturated rings. The summed E-state index contributed by atoms with van der Waals surface area (Å²) in [6.45, 7) is 0. The van der Waals surface area contributed by atoms with Crippen molar-refractivity contribution in [3.05, 3.63) is 20.7 Å². The summed E-state index contributed by atoms with van der Waals surface area (Å²) < 4.78 is 46.4. The second kappa shape index (κ2) is 4.60. The number of hydrogen-bond acceptors (Lipinski definition) is 3. The molecule has 3 nitrogen and oxygen atoms in total. The van der Waals surface area contributed by atoms with Gasteiger partial charge in [0.05, 0.1) is 10.0 Å². The van der Waals surface area contributed by atoms with Gasteiger partial charge in [0.15, 0.2) is 5.03 Å². The quantitative estimate of drug-likeness (QED) is 0.733. The Balaban J connectivity index is 3.48. The lowest BCUT2D eigenvalue weighted by molar-refractivity contribution is 0.150. The molecule has 0 aromatic carbocycles. The monoisotopic (exact) mass is 383 g/mol. The van der Waals surface area contributed by atoms with Crippen LogP contribution in [-0.2, 0) is 9.05 Å². The molecule has 0 atom stereocenters. The van der Waals surface area contributed by atoms with Crippen molar-refractivity contribution in [1.82, 2.24) is 4.98 Å². The summed E-state index contributed by atoms with van der Waals surface area (Å²) in [5, 5.41) is -0.500. The first-order valence-electron chi connectivity index (χ1n) is 3.32. The van der Waals surface area contributed by atoms with Crippen molar-refractivity contribution in [1.29, 1.82) is 0 Å². The number of rotatable bonds is 2. The van der Waals surface area contributed by atoms with E-state index in [1.807, 2.05) is 0 Å². The van der Waals surface area contributed by atoms with Crippen LogP contribution in [0.5, 0.6) is 0 Å². The van der Waals surface area contributed by atoms with E-state index in [1.165, 1.54) is 0 Å². The molecule has 0 saturated heterocycles. The first-order valence-corrected chi connectivity index (χ1v) is 7.21. The minimum absolute atomic E-state index is 0.0771. The fourth-order valence-corrected chi connectivity index (χ4v) is 3.47. The van der Waals surface area contributed by atoms with E-state index in [-0.39, 0.29) is 8.95 Å². The van der Waals surface area contributed by atoms with Crippen LogP contribution in [-0.4, -0.2) is 13.4 Å². The summed E-state index contributed by atoms with van der Waals surface area (Å²) in [6, 6.07) is 0. The molecule has 0 radical (unpaired) electrons. The number of halogens is 5. The van der Waals surface area contributed by atoms with Gasteiger partial charge in [-0.2, -0.15) is 0 Å². The van der Waals surface area contributed by atoms with Crippen LogP contribution in [0.3, 0.4) is 0 Å². The second-order valence-corrected chi connectivity index (χ2v) is 6.45. The smallest absolute Gasteiger partial charge is 0.242 e. The number of aromatic nitrogens is 1. The molecule has 0 unspecified atom stereocenters. The molecule has 0 N–H and O–H groups in total. The van der Waals surface area contributed by atoms with Crippen molar-refractivity contribution in [3.63, 3.8) is 0 Å². The van der Waals surface area contributed by atoms with Crippen LogP contribution in [0.2, 0.25) is 0 Å². The standard InChI is InChI=1S/C6H2Br2ClF2NO2S/c7-3-2(5(10)11)1-12-6(4(3)8)15(9,13)14/h1,5H. The number of hydrogen-bond donors (Lipinski definition) is 0. The molecule has 1 heterocycles. The van der Waals surface area contributed by atoms with E-state index in [0.717, 1.165) is 6.20 Å². The summed E-state index contributed by atoms with van der Waals surface area (Å²) in [5.41, 5.74) is -0.411. The molecular formula is C6H2Br2ClF2NO2S. The lowest BCUT2D eigenvalue weighted by Gasteiger charge is -2.06. The molecule has 15 heavy (non-hydrogen) atoms. The van der Waals surface area contributed by atoms with Gasteiger partial charge < -0.3 is 0 Å². The molecule has 0 aliphatic carbocycles. The van der Waals surface area contributed by atoms with Gasteiger partial charge in [-0.25, -0.2) is 22.2 Å². The highest BCUT2D eigenvalue weighted by Gasteiger charge is 2.23. The van der Waals surface area contributed by atoms with Crippen molar-refractivity contribution >= 4 is 51.6 Å². The van der Waals surface area contributed by atoms with Crippen molar-refractivity contribution in [2.75, 3.05) is 0 Å². The Morgan fingerprint density at radius 1 is 1.33 bits per heavy atom. The molecule has 1 aromatic heterocycles. The van der Waals surface area contributed by atoms with Gasteiger partial charge >= 0.3 is 0 Å². The number of pyridine rings is 1. The topological polar surface area (TPSA) is 47.0 Å². The van der Waals surface area contributed by atoms with E-state index >= 15 is 0 Å². The zero-order valence-electron chi connectivity index (χ0n) is 6.72. The fraction of sp³-hybridized carbons (Fsp3) is 0.167. The first kappa shape index (κ1) is 13.3. The normalized spacial score (nSPS) is 12.1. The fourth-order valence-electron chi connectivity index (χ4n) is 0.784. The third-order valence-electron chi connectivity index (χ3n) is 1.42. The SMILES string of the molecule is O=S(=O)(Cl)c1ncc(C(F)F)c(Br)c1Br. The predicted octanol–water partition coefficient (Wildman–Crippen LogP) is 3.47. The maximum atomic E-state index is 12.4. The van der Waals surface area contributed by atoms with E-state index in [9.17, 15) is 17.2 Å². The third kappa shape index (κ3) is 2.86. The molecule has 1 aromatic rings. The molecule has 84 valence electrons. The van der Waals surface area contributed by atoms with Crippen molar-refractivity contribution in [3.8, 4) is 0 Å².